The molecule has 2 aromatic rings. The molecule has 1 aliphatic heterocycles. The van der Waals surface area contributed by atoms with Crippen molar-refractivity contribution in [2.75, 3.05) is 11.9 Å². The van der Waals surface area contributed by atoms with Gasteiger partial charge in [0.25, 0.3) is 5.91 Å². The Morgan fingerprint density at radius 1 is 1.07 bits per heavy atom. The van der Waals surface area contributed by atoms with Crippen LogP contribution >= 0.6 is 0 Å². The predicted molar refractivity (Wildman–Crippen MR) is 97.3 cm³/mol. The molecule has 8 nitrogen and oxygen atoms in total. The fraction of sp³-hybridized carbons (Fsp3) is 0.167. The van der Waals surface area contributed by atoms with E-state index in [-0.39, 0.29) is 11.4 Å². The summed E-state index contributed by atoms with van der Waals surface area (Å²) in [6.45, 7) is 0.162. The van der Waals surface area contributed by atoms with Crippen LogP contribution in [0.4, 0.5) is 5.69 Å². The van der Waals surface area contributed by atoms with E-state index in [9.17, 15) is 22.8 Å². The number of fused-ring (bicyclic) bond motifs is 1. The fourth-order valence-corrected chi connectivity index (χ4v) is 3.37. The van der Waals surface area contributed by atoms with Crippen molar-refractivity contribution in [1.29, 1.82) is 0 Å². The third-order valence-electron chi connectivity index (χ3n) is 4.23. The van der Waals surface area contributed by atoms with Crippen LogP contribution in [0.3, 0.4) is 0 Å². The van der Waals surface area contributed by atoms with Gasteiger partial charge < -0.3 is 10.6 Å². The Labute approximate surface area is 155 Å². The Balaban J connectivity index is 1.58. The lowest BCUT2D eigenvalue weighted by atomic mass is 9.95. The predicted octanol–water partition coefficient (Wildman–Crippen LogP) is 0.298. The summed E-state index contributed by atoms with van der Waals surface area (Å²) in [5.41, 5.74) is 1.78. The topological polar surface area (TPSA) is 135 Å². The molecule has 1 heterocycles. The first-order valence-electron chi connectivity index (χ1n) is 8.11. The Morgan fingerprint density at radius 3 is 2.41 bits per heavy atom. The van der Waals surface area contributed by atoms with Crippen LogP contribution < -0.4 is 15.8 Å². The van der Waals surface area contributed by atoms with Crippen molar-refractivity contribution in [3.05, 3.63) is 59.7 Å². The number of para-hydroxylation sites is 1. The third kappa shape index (κ3) is 4.04. The quantitative estimate of drug-likeness (QED) is 0.484. The lowest BCUT2D eigenvalue weighted by Gasteiger charge is -2.09. The zero-order valence-electron chi connectivity index (χ0n) is 14.1. The molecular formula is C18H17N3O5S. The maximum atomic E-state index is 12.4. The Hall–Kier alpha value is -3.04. The molecule has 4 N–H and O–H groups in total. The van der Waals surface area contributed by atoms with Gasteiger partial charge >= 0.3 is 0 Å². The first kappa shape index (κ1) is 18.7. The minimum absolute atomic E-state index is 0.00336. The number of carbonyl (C=O) groups is 3. The summed E-state index contributed by atoms with van der Waals surface area (Å²) in [4.78, 5) is 36.5. The summed E-state index contributed by atoms with van der Waals surface area (Å²) < 4.78 is 22.4. The number of rotatable bonds is 6. The summed E-state index contributed by atoms with van der Waals surface area (Å²) >= 11 is 0. The third-order valence-corrected chi connectivity index (χ3v) is 5.16. The van der Waals surface area contributed by atoms with Crippen LogP contribution in [0.5, 0.6) is 0 Å². The van der Waals surface area contributed by atoms with E-state index in [1.165, 1.54) is 12.1 Å². The smallest absolute Gasteiger partial charge is 0.288 e. The van der Waals surface area contributed by atoms with Crippen molar-refractivity contribution < 1.29 is 22.8 Å². The summed E-state index contributed by atoms with van der Waals surface area (Å²) in [6.07, 6.45) is 0.386. The van der Waals surface area contributed by atoms with E-state index in [0.717, 1.165) is 5.56 Å². The van der Waals surface area contributed by atoms with E-state index >= 15 is 0 Å². The number of benzene rings is 2. The van der Waals surface area contributed by atoms with E-state index in [0.29, 0.717) is 17.7 Å². The number of Topliss-reactive ketones (excluding diaryl/α,β-unsaturated/α-hetero) is 1. The number of primary sulfonamides is 1. The van der Waals surface area contributed by atoms with Gasteiger partial charge in [0.1, 0.15) is 5.92 Å². The number of hydrogen-bond acceptors (Lipinski definition) is 5. The van der Waals surface area contributed by atoms with Gasteiger partial charge in [0, 0.05) is 12.2 Å². The maximum Gasteiger partial charge on any atom is 0.288 e. The second kappa shape index (κ2) is 7.29. The first-order valence-corrected chi connectivity index (χ1v) is 9.65. The Kier molecular flexibility index (Phi) is 5.06. The van der Waals surface area contributed by atoms with Crippen LogP contribution in [0.2, 0.25) is 0 Å². The Bertz CT molecular complexity index is 1020. The van der Waals surface area contributed by atoms with E-state index < -0.39 is 33.5 Å². The number of nitrogens with two attached hydrogens (primary N) is 1. The molecule has 0 aliphatic carbocycles. The summed E-state index contributed by atoms with van der Waals surface area (Å²) in [5, 5.41) is 10.1. The van der Waals surface area contributed by atoms with Crippen molar-refractivity contribution in [3.8, 4) is 0 Å². The molecule has 1 atom stereocenters. The second-order valence-electron chi connectivity index (χ2n) is 6.07. The summed E-state index contributed by atoms with van der Waals surface area (Å²) in [6, 6.07) is 12.6. The number of hydrogen-bond donors (Lipinski definition) is 3. The van der Waals surface area contributed by atoms with Crippen molar-refractivity contribution in [1.82, 2.24) is 5.32 Å². The molecule has 2 aromatic carbocycles. The molecule has 1 aliphatic rings. The largest absolute Gasteiger partial charge is 0.349 e. The summed E-state index contributed by atoms with van der Waals surface area (Å²) in [5.74, 6) is -3.32. The van der Waals surface area contributed by atoms with E-state index in [1.807, 2.05) is 0 Å². The number of nitrogens with one attached hydrogen (secondary N) is 2. The molecule has 140 valence electrons. The lowest BCUT2D eigenvalue weighted by Crippen LogP contribution is -2.37. The monoisotopic (exact) mass is 387 g/mol. The molecule has 3 rings (SSSR count). The molecule has 0 spiro atoms. The van der Waals surface area contributed by atoms with Gasteiger partial charge in [0.15, 0.2) is 0 Å². The second-order valence-corrected chi connectivity index (χ2v) is 7.63. The molecular weight excluding hydrogens is 370 g/mol. The maximum absolute atomic E-state index is 12.4. The lowest BCUT2D eigenvalue weighted by molar-refractivity contribution is -0.140. The highest BCUT2D eigenvalue weighted by atomic mass is 32.2. The van der Waals surface area contributed by atoms with Crippen molar-refractivity contribution in [3.63, 3.8) is 0 Å². The van der Waals surface area contributed by atoms with Crippen molar-refractivity contribution in [2.24, 2.45) is 5.14 Å². The molecule has 2 amide bonds. The molecule has 0 saturated carbocycles. The van der Waals surface area contributed by atoms with E-state index in [2.05, 4.69) is 10.6 Å². The SMILES string of the molecule is NS(=O)(=O)c1ccc(CCNC(=O)C(=O)[C@@H]2C(=O)Nc3ccccc32)cc1. The normalized spacial score (nSPS) is 15.7. The van der Waals surface area contributed by atoms with E-state index in [1.54, 1.807) is 36.4 Å². The highest BCUT2D eigenvalue weighted by molar-refractivity contribution is 7.89. The van der Waals surface area contributed by atoms with Crippen LogP contribution in [-0.2, 0) is 30.8 Å². The van der Waals surface area contributed by atoms with Crippen LogP contribution in [0.1, 0.15) is 17.0 Å². The highest BCUT2D eigenvalue weighted by Crippen LogP contribution is 2.32. The van der Waals surface area contributed by atoms with Gasteiger partial charge in [-0.25, -0.2) is 13.6 Å². The average molecular weight is 387 g/mol. The number of amides is 2. The minimum atomic E-state index is -3.76. The molecule has 27 heavy (non-hydrogen) atoms. The average Bonchev–Trinajstić information content (AvgIpc) is 2.96. The number of carbonyl (C=O) groups excluding carboxylic acids is 3. The fourth-order valence-electron chi connectivity index (χ4n) is 2.85. The van der Waals surface area contributed by atoms with E-state index in [4.69, 9.17) is 5.14 Å². The summed E-state index contributed by atoms with van der Waals surface area (Å²) in [7, 11) is -3.76. The standard InChI is InChI=1S/C18H17N3O5S/c19-27(25,26)12-7-5-11(6-8-12)9-10-20-18(24)16(22)15-13-3-1-2-4-14(13)21-17(15)23/h1-8,15H,9-10H2,(H,20,24)(H,21,23)(H2,19,25,26)/t15-/m1/s1. The van der Waals surface area contributed by atoms with Crippen LogP contribution in [0.25, 0.3) is 0 Å². The molecule has 0 aromatic heterocycles. The number of anilines is 1. The van der Waals surface area contributed by atoms with Gasteiger partial charge in [-0.2, -0.15) is 0 Å². The molecule has 0 fully saturated rings. The van der Waals surface area contributed by atoms with Crippen LogP contribution in [0, 0.1) is 0 Å². The Morgan fingerprint density at radius 2 is 1.74 bits per heavy atom. The van der Waals surface area contributed by atoms with Gasteiger partial charge in [0.2, 0.25) is 21.7 Å². The van der Waals surface area contributed by atoms with Crippen LogP contribution in [0.15, 0.2) is 53.4 Å². The van der Waals surface area contributed by atoms with Gasteiger partial charge in [-0.3, -0.25) is 14.4 Å². The van der Waals surface area contributed by atoms with Crippen molar-refractivity contribution >= 4 is 33.3 Å². The minimum Gasteiger partial charge on any atom is -0.349 e. The zero-order valence-corrected chi connectivity index (χ0v) is 15.0. The van der Waals surface area contributed by atoms with Crippen molar-refractivity contribution in [2.45, 2.75) is 17.2 Å². The molecule has 0 unspecified atom stereocenters. The number of sulfonamides is 1. The molecule has 0 radical (unpaired) electrons. The molecule has 0 bridgehead atoms. The van der Waals surface area contributed by atoms with Gasteiger partial charge in [-0.15, -0.1) is 0 Å². The zero-order chi connectivity index (χ0) is 19.6. The first-order chi connectivity index (χ1) is 12.8. The molecule has 9 heteroatoms. The number of ketones is 1. The van der Waals surface area contributed by atoms with Crippen LogP contribution in [-0.4, -0.2) is 32.6 Å². The highest BCUT2D eigenvalue weighted by Gasteiger charge is 2.39. The van der Waals surface area contributed by atoms with Gasteiger partial charge in [-0.05, 0) is 35.7 Å². The van der Waals surface area contributed by atoms with Gasteiger partial charge in [0.05, 0.1) is 4.90 Å². The van der Waals surface area contributed by atoms with Gasteiger partial charge in [-0.1, -0.05) is 30.3 Å². The molecule has 0 saturated heterocycles.